The lowest BCUT2D eigenvalue weighted by atomic mass is 10.3. The van der Waals surface area contributed by atoms with Crippen LogP contribution in [0.25, 0.3) is 0 Å². The molecule has 1 aromatic rings. The number of rotatable bonds is 6. The highest BCUT2D eigenvalue weighted by molar-refractivity contribution is 7.99. The van der Waals surface area contributed by atoms with Gasteiger partial charge in [-0.3, -0.25) is 4.79 Å². The SMILES string of the molecule is CC(N)CCSCC(=O)Nc1ccc(F)c(F)c1F. The van der Waals surface area contributed by atoms with E-state index in [1.165, 1.54) is 11.8 Å². The molecule has 0 fully saturated rings. The van der Waals surface area contributed by atoms with Gasteiger partial charge in [0.2, 0.25) is 5.91 Å². The summed E-state index contributed by atoms with van der Waals surface area (Å²) in [6, 6.07) is 1.80. The van der Waals surface area contributed by atoms with Crippen LogP contribution < -0.4 is 11.1 Å². The summed E-state index contributed by atoms with van der Waals surface area (Å²) >= 11 is 1.34. The topological polar surface area (TPSA) is 55.1 Å². The Hall–Kier alpha value is -1.21. The second kappa shape index (κ2) is 7.40. The minimum absolute atomic E-state index is 0.0548. The molecule has 0 spiro atoms. The summed E-state index contributed by atoms with van der Waals surface area (Å²) < 4.78 is 38.9. The van der Waals surface area contributed by atoms with E-state index < -0.39 is 23.4 Å². The van der Waals surface area contributed by atoms with Gasteiger partial charge in [-0.25, -0.2) is 13.2 Å². The summed E-state index contributed by atoms with van der Waals surface area (Å²) in [5.41, 5.74) is 5.18. The fourth-order valence-corrected chi connectivity index (χ4v) is 2.18. The molecule has 0 saturated heterocycles. The van der Waals surface area contributed by atoms with E-state index in [0.717, 1.165) is 18.6 Å². The molecule has 1 amide bonds. The molecular formula is C12H15F3N2OS. The van der Waals surface area contributed by atoms with Crippen LogP contribution in [0.5, 0.6) is 0 Å². The first kappa shape index (κ1) is 15.8. The zero-order chi connectivity index (χ0) is 14.4. The van der Waals surface area contributed by atoms with Gasteiger partial charge in [-0.1, -0.05) is 0 Å². The van der Waals surface area contributed by atoms with Gasteiger partial charge in [-0.2, -0.15) is 11.8 Å². The molecule has 0 aliphatic carbocycles. The number of hydrogen-bond acceptors (Lipinski definition) is 3. The molecule has 0 saturated carbocycles. The van der Waals surface area contributed by atoms with Crippen molar-refractivity contribution in [3.05, 3.63) is 29.6 Å². The number of carbonyl (C=O) groups is 1. The highest BCUT2D eigenvalue weighted by atomic mass is 32.2. The number of halogens is 3. The van der Waals surface area contributed by atoms with Crippen LogP contribution in [-0.2, 0) is 4.79 Å². The zero-order valence-corrected chi connectivity index (χ0v) is 11.2. The van der Waals surface area contributed by atoms with Crippen LogP contribution in [0.3, 0.4) is 0 Å². The van der Waals surface area contributed by atoms with E-state index in [0.29, 0.717) is 5.75 Å². The molecule has 0 aromatic heterocycles. The Balaban J connectivity index is 2.47. The summed E-state index contributed by atoms with van der Waals surface area (Å²) in [6.45, 7) is 1.86. The lowest BCUT2D eigenvalue weighted by molar-refractivity contribution is -0.113. The molecule has 3 N–H and O–H groups in total. The van der Waals surface area contributed by atoms with Crippen LogP contribution in [0, 0.1) is 17.5 Å². The highest BCUT2D eigenvalue weighted by Crippen LogP contribution is 2.19. The number of nitrogens with two attached hydrogens (primary N) is 1. The largest absolute Gasteiger partial charge is 0.328 e. The Morgan fingerprint density at radius 2 is 2.05 bits per heavy atom. The Morgan fingerprint density at radius 3 is 2.68 bits per heavy atom. The number of amides is 1. The molecule has 19 heavy (non-hydrogen) atoms. The van der Waals surface area contributed by atoms with E-state index in [1.807, 2.05) is 6.92 Å². The van der Waals surface area contributed by atoms with Gasteiger partial charge in [0.05, 0.1) is 11.4 Å². The summed E-state index contributed by atoms with van der Waals surface area (Å²) in [5, 5.41) is 2.19. The number of thioether (sulfide) groups is 1. The number of carbonyl (C=O) groups excluding carboxylic acids is 1. The average molecular weight is 292 g/mol. The fraction of sp³-hybridized carbons (Fsp3) is 0.417. The van der Waals surface area contributed by atoms with E-state index in [2.05, 4.69) is 5.32 Å². The standard InChI is InChI=1S/C12H15F3N2OS/c1-7(16)4-5-19-6-10(18)17-9-3-2-8(13)11(14)12(9)15/h2-3,7H,4-6,16H2,1H3,(H,17,18). The van der Waals surface area contributed by atoms with E-state index >= 15 is 0 Å². The maximum absolute atomic E-state index is 13.3. The van der Waals surface area contributed by atoms with Gasteiger partial charge in [0.1, 0.15) is 0 Å². The average Bonchev–Trinajstić information content (AvgIpc) is 2.35. The van der Waals surface area contributed by atoms with Gasteiger partial charge in [0, 0.05) is 6.04 Å². The van der Waals surface area contributed by atoms with Crippen LogP contribution in [0.15, 0.2) is 12.1 Å². The van der Waals surface area contributed by atoms with Crippen molar-refractivity contribution in [2.24, 2.45) is 5.73 Å². The van der Waals surface area contributed by atoms with Gasteiger partial charge in [-0.15, -0.1) is 0 Å². The molecule has 3 nitrogen and oxygen atoms in total. The van der Waals surface area contributed by atoms with Crippen molar-refractivity contribution in [3.8, 4) is 0 Å². The summed E-state index contributed by atoms with van der Waals surface area (Å²) in [6.07, 6.45) is 0.761. The molecule has 1 atom stereocenters. The first-order valence-corrected chi connectivity index (χ1v) is 6.84. The van der Waals surface area contributed by atoms with Gasteiger partial charge < -0.3 is 11.1 Å². The van der Waals surface area contributed by atoms with Crippen molar-refractivity contribution in [1.29, 1.82) is 0 Å². The molecule has 1 rings (SSSR count). The first-order chi connectivity index (χ1) is 8.91. The number of benzene rings is 1. The van der Waals surface area contributed by atoms with E-state index in [4.69, 9.17) is 5.73 Å². The predicted octanol–water partition coefficient (Wildman–Crippen LogP) is 2.51. The summed E-state index contributed by atoms with van der Waals surface area (Å²) in [5.74, 6) is -3.95. The summed E-state index contributed by atoms with van der Waals surface area (Å²) in [7, 11) is 0. The lowest BCUT2D eigenvalue weighted by Crippen LogP contribution is -2.18. The first-order valence-electron chi connectivity index (χ1n) is 5.68. The molecule has 106 valence electrons. The fourth-order valence-electron chi connectivity index (χ4n) is 1.24. The molecule has 1 unspecified atom stereocenters. The second-order valence-corrected chi connectivity index (χ2v) is 5.19. The molecule has 0 aliphatic heterocycles. The van der Waals surface area contributed by atoms with Gasteiger partial charge in [0.25, 0.3) is 0 Å². The number of hydrogen-bond donors (Lipinski definition) is 2. The molecule has 0 heterocycles. The molecule has 0 radical (unpaired) electrons. The van der Waals surface area contributed by atoms with Gasteiger partial charge >= 0.3 is 0 Å². The number of nitrogens with one attached hydrogen (secondary N) is 1. The van der Waals surface area contributed by atoms with Crippen LogP contribution in [0.4, 0.5) is 18.9 Å². The van der Waals surface area contributed by atoms with Gasteiger partial charge in [-0.05, 0) is 31.2 Å². The van der Waals surface area contributed by atoms with Crippen molar-refractivity contribution in [2.75, 3.05) is 16.8 Å². The Labute approximate surface area is 113 Å². The van der Waals surface area contributed by atoms with Crippen molar-refractivity contribution in [1.82, 2.24) is 0 Å². The Kier molecular flexibility index (Phi) is 6.17. The monoisotopic (exact) mass is 292 g/mol. The maximum atomic E-state index is 13.3. The molecular weight excluding hydrogens is 277 g/mol. The van der Waals surface area contributed by atoms with Crippen molar-refractivity contribution in [2.45, 2.75) is 19.4 Å². The van der Waals surface area contributed by atoms with Crippen LogP contribution in [-0.4, -0.2) is 23.5 Å². The second-order valence-electron chi connectivity index (χ2n) is 4.09. The smallest absolute Gasteiger partial charge is 0.234 e. The lowest BCUT2D eigenvalue weighted by Gasteiger charge is -2.08. The van der Waals surface area contributed by atoms with Crippen LogP contribution >= 0.6 is 11.8 Å². The Morgan fingerprint density at radius 1 is 1.37 bits per heavy atom. The highest BCUT2D eigenvalue weighted by Gasteiger charge is 2.15. The van der Waals surface area contributed by atoms with Crippen molar-refractivity contribution < 1.29 is 18.0 Å². The minimum atomic E-state index is -1.59. The van der Waals surface area contributed by atoms with E-state index in [-0.39, 0.29) is 17.5 Å². The zero-order valence-electron chi connectivity index (χ0n) is 10.4. The van der Waals surface area contributed by atoms with E-state index in [1.54, 1.807) is 0 Å². The number of anilines is 1. The third-order valence-corrected chi connectivity index (χ3v) is 3.25. The minimum Gasteiger partial charge on any atom is -0.328 e. The molecule has 0 aliphatic rings. The van der Waals surface area contributed by atoms with Crippen LogP contribution in [0.2, 0.25) is 0 Å². The Bertz CT molecular complexity index is 455. The predicted molar refractivity (Wildman–Crippen MR) is 70.5 cm³/mol. The maximum Gasteiger partial charge on any atom is 0.234 e. The molecule has 7 heteroatoms. The molecule has 1 aromatic carbocycles. The summed E-state index contributed by atoms with van der Waals surface area (Å²) in [4.78, 5) is 11.5. The normalized spacial score (nSPS) is 12.3. The third kappa shape index (κ3) is 5.12. The third-order valence-electron chi connectivity index (χ3n) is 2.26. The van der Waals surface area contributed by atoms with Gasteiger partial charge in [0.15, 0.2) is 17.5 Å². The van der Waals surface area contributed by atoms with Crippen molar-refractivity contribution >= 4 is 23.4 Å². The van der Waals surface area contributed by atoms with Crippen molar-refractivity contribution in [3.63, 3.8) is 0 Å². The molecule has 0 bridgehead atoms. The quantitative estimate of drug-likeness (QED) is 0.626. The van der Waals surface area contributed by atoms with Crippen LogP contribution in [0.1, 0.15) is 13.3 Å². The van der Waals surface area contributed by atoms with E-state index in [9.17, 15) is 18.0 Å².